The van der Waals surface area contributed by atoms with Gasteiger partial charge in [-0.15, -0.1) is 34.9 Å². The molecule has 8 N–H and O–H groups in total. The summed E-state index contributed by atoms with van der Waals surface area (Å²) < 4.78 is 17.4. The number of alkyl halides is 1. The number of anilines is 2. The van der Waals surface area contributed by atoms with Gasteiger partial charge >= 0.3 is 0 Å². The predicted molar refractivity (Wildman–Crippen MR) is 247 cm³/mol. The van der Waals surface area contributed by atoms with Gasteiger partial charge in [0.15, 0.2) is 22.5 Å². The second-order valence-corrected chi connectivity index (χ2v) is 20.4. The lowest BCUT2D eigenvalue weighted by Crippen LogP contribution is -2.71. The Balaban J connectivity index is 0.000000229. The van der Waals surface area contributed by atoms with Crippen LogP contribution >= 0.6 is 46.4 Å². The first-order chi connectivity index (χ1) is 32.7. The van der Waals surface area contributed by atoms with Crippen LogP contribution in [0.1, 0.15) is 31.3 Å². The van der Waals surface area contributed by atoms with Crippen molar-refractivity contribution in [3.63, 3.8) is 0 Å². The Morgan fingerprint density at radius 2 is 1.57 bits per heavy atom. The van der Waals surface area contributed by atoms with E-state index in [1.165, 1.54) is 35.5 Å². The molecule has 0 aromatic carbocycles. The Kier molecular flexibility index (Phi) is 16.7. The molecule has 5 aliphatic rings. The first-order valence-corrected chi connectivity index (χ1v) is 24.7. The summed E-state index contributed by atoms with van der Waals surface area (Å²) in [7, 11) is 5.23. The lowest BCUT2D eigenvalue weighted by Gasteiger charge is -2.51. The molecule has 69 heavy (non-hydrogen) atoms. The Bertz CT molecular complexity index is 2540. The van der Waals surface area contributed by atoms with Crippen LogP contribution in [-0.4, -0.2) is 188 Å². The monoisotopic (exact) mass is 1040 g/mol. The number of quaternary nitrogens is 2. The summed E-state index contributed by atoms with van der Waals surface area (Å²) in [5, 5.41) is 36.7. The molecule has 25 nitrogen and oxygen atoms in total. The van der Waals surface area contributed by atoms with Crippen LogP contribution in [0.15, 0.2) is 50.4 Å². The third-order valence-electron chi connectivity index (χ3n) is 11.6. The van der Waals surface area contributed by atoms with Gasteiger partial charge in [-0.1, -0.05) is 16.4 Å². The molecule has 30 heteroatoms. The Morgan fingerprint density at radius 1 is 0.957 bits per heavy atom. The van der Waals surface area contributed by atoms with Crippen molar-refractivity contribution in [3.05, 3.63) is 51.6 Å². The van der Waals surface area contributed by atoms with Crippen molar-refractivity contribution in [1.82, 2.24) is 34.8 Å². The number of thiazole rings is 1. The largest absolute Gasteiger partial charge is 0.543 e. The maximum Gasteiger partial charge on any atom is 0.278 e. The minimum Gasteiger partial charge on any atom is -0.543 e. The molecule has 3 saturated heterocycles. The van der Waals surface area contributed by atoms with E-state index in [-0.39, 0.29) is 51.2 Å². The number of likely N-dealkylation sites (tertiary alicyclic amines) is 1. The van der Waals surface area contributed by atoms with Crippen molar-refractivity contribution in [2.24, 2.45) is 16.0 Å². The van der Waals surface area contributed by atoms with Crippen molar-refractivity contribution in [1.29, 1.82) is 0 Å². The summed E-state index contributed by atoms with van der Waals surface area (Å²) in [6.45, 7) is 4.24. The van der Waals surface area contributed by atoms with E-state index in [4.69, 9.17) is 22.0 Å². The molecular formula is C39H49FN14O11S4. The number of nitrogens with one attached hydrogen (secondary N) is 2. The van der Waals surface area contributed by atoms with Crippen LogP contribution in [0.5, 0.6) is 0 Å². The van der Waals surface area contributed by atoms with Crippen LogP contribution in [0.3, 0.4) is 0 Å². The highest BCUT2D eigenvalue weighted by molar-refractivity contribution is 8.00. The van der Waals surface area contributed by atoms with Crippen molar-refractivity contribution >= 4 is 110 Å². The summed E-state index contributed by atoms with van der Waals surface area (Å²) in [6, 6.07) is -1.99. The van der Waals surface area contributed by atoms with E-state index in [0.717, 1.165) is 58.2 Å². The predicted octanol–water partition coefficient (Wildman–Crippen LogP) is -3.60. The molecular weight excluding hydrogens is 988 g/mol. The molecule has 0 bridgehead atoms. The minimum atomic E-state index is -1.55. The third-order valence-corrected chi connectivity index (χ3v) is 15.5. The number of nitrogens with zero attached hydrogens (tertiary/aromatic N) is 9. The molecule has 5 aliphatic heterocycles. The van der Waals surface area contributed by atoms with Crippen LogP contribution < -0.4 is 38.0 Å². The van der Waals surface area contributed by atoms with Gasteiger partial charge in [-0.05, 0) is 18.6 Å². The lowest BCUT2D eigenvalue weighted by atomic mass is 10.0. The van der Waals surface area contributed by atoms with Gasteiger partial charge in [0.05, 0.1) is 63.6 Å². The summed E-state index contributed by atoms with van der Waals surface area (Å²) in [6.07, 6.45) is 5.51. The molecule has 0 spiro atoms. The normalized spacial score (nSPS) is 22.9. The van der Waals surface area contributed by atoms with Gasteiger partial charge in [0.25, 0.3) is 36.4 Å². The number of rotatable bonds is 19. The number of halogens is 1. The number of carboxylic acids is 2. The van der Waals surface area contributed by atoms with Gasteiger partial charge in [-0.3, -0.25) is 33.8 Å². The third kappa shape index (κ3) is 11.6. The Morgan fingerprint density at radius 3 is 2.09 bits per heavy atom. The maximum absolute atomic E-state index is 12.9. The topological polar surface area (TPSA) is 356 Å². The van der Waals surface area contributed by atoms with Crippen LogP contribution in [0.25, 0.3) is 0 Å². The quantitative estimate of drug-likeness (QED) is 0.0393. The summed E-state index contributed by atoms with van der Waals surface area (Å²) in [4.78, 5) is 106. The van der Waals surface area contributed by atoms with E-state index in [2.05, 4.69) is 47.2 Å². The molecule has 2 aromatic rings. The van der Waals surface area contributed by atoms with E-state index < -0.39 is 76.9 Å². The molecule has 372 valence electrons. The Labute approximate surface area is 410 Å². The van der Waals surface area contributed by atoms with Crippen molar-refractivity contribution in [3.8, 4) is 0 Å². The van der Waals surface area contributed by atoms with Crippen molar-refractivity contribution in [2.45, 2.75) is 42.6 Å². The van der Waals surface area contributed by atoms with E-state index in [0.29, 0.717) is 41.0 Å². The number of likely N-dealkylation sites (N-methyl/N-ethyl adjacent to an activating group) is 2. The van der Waals surface area contributed by atoms with Gasteiger partial charge in [0.2, 0.25) is 11.5 Å². The number of aliphatic carboxylic acids is 2. The highest BCUT2D eigenvalue weighted by Gasteiger charge is 2.55. The number of amides is 5. The van der Waals surface area contributed by atoms with Crippen LogP contribution in [0.2, 0.25) is 0 Å². The fourth-order valence-electron chi connectivity index (χ4n) is 8.12. The smallest absolute Gasteiger partial charge is 0.278 e. The SMILES string of the molecule is CC[N+](C)(C/C=C/C1=C(C(=O)[O-])N2C(=O)[C@@H](NC(=O)/C(=N\OCF)c3nsc(N)n3)[C@H]2SC1)CC(N)=O.CO/N=C(\C(=O)N[C@@H]1C(=O)N2C(C(=O)[O-])=C(C[N+]3(C)CCCC3)CS[C@H]12)c1csc(N)n1. The van der Waals surface area contributed by atoms with E-state index in [1.807, 2.05) is 14.0 Å². The summed E-state index contributed by atoms with van der Waals surface area (Å²) in [5.41, 5.74) is 16.8. The zero-order valence-electron chi connectivity index (χ0n) is 37.6. The lowest BCUT2D eigenvalue weighted by molar-refractivity contribution is -0.894. The molecule has 1 unspecified atom stereocenters. The van der Waals surface area contributed by atoms with E-state index >= 15 is 0 Å². The number of nitrogen functional groups attached to an aromatic ring is 2. The molecule has 0 aliphatic carbocycles. The van der Waals surface area contributed by atoms with Crippen molar-refractivity contribution < 1.29 is 66.8 Å². The average molecular weight is 1040 g/mol. The molecule has 7 heterocycles. The standard InChI is InChI=1S/C20H25FN8O6S2.C19H24N6O5S2/c1-3-29(2,7-11(22)30)6-4-5-10-8-36-18-13(17(32)28(18)14(10)19(33)34)24-16(31)12(26-35-9-21)15-25-20(23)37-27-15;1-25(5-3-4-6-25)7-10-8-31-17-13(16(27)24(17)14(10)18(28)29)22-15(26)12(23-30-2)11-9-32-19(20)21-11/h4-5,13,18H,3,6-9H2,1-2H3,(H5-,22,23,24,25,27,30,31,33,34);9,13,17H,3-8H2,1-2H3,(H3-,20,21,22,26,28,29)/b5-4+,26-12-;23-12-/t13-,18-,29?;13-,17-/m11/s1. The molecule has 0 saturated carbocycles. The molecule has 2 aromatic heterocycles. The number of carbonyl (C=O) groups is 7. The number of primary amides is 1. The number of fused-ring (bicyclic) bond motifs is 2. The average Bonchev–Trinajstić information content (AvgIpc) is 4.06. The number of allylic oxidation sites excluding steroid dienone is 1. The van der Waals surface area contributed by atoms with Gasteiger partial charge < -0.3 is 66.3 Å². The minimum absolute atomic E-state index is 0.0291. The number of oxime groups is 2. The fraction of sp³-hybridized carbons (Fsp3) is 0.487. The Hall–Kier alpha value is -6.21. The fourth-order valence-corrected chi connectivity index (χ4v) is 11.8. The maximum atomic E-state index is 12.9. The number of carbonyl (C=O) groups excluding carboxylic acids is 7. The van der Waals surface area contributed by atoms with E-state index in [9.17, 15) is 48.2 Å². The van der Waals surface area contributed by atoms with Crippen LogP contribution in [-0.2, 0) is 43.2 Å². The first kappa shape index (κ1) is 52.2. The number of hydrogen-bond acceptors (Lipinski definition) is 22. The number of nitrogens with two attached hydrogens (primary N) is 3. The summed E-state index contributed by atoms with van der Waals surface area (Å²) >= 11 is 4.58. The molecule has 7 rings (SSSR count). The molecule has 0 radical (unpaired) electrons. The van der Waals surface area contributed by atoms with Gasteiger partial charge in [-0.2, -0.15) is 9.36 Å². The van der Waals surface area contributed by atoms with Gasteiger partial charge in [0, 0.05) is 46.8 Å². The van der Waals surface area contributed by atoms with Crippen LogP contribution in [0.4, 0.5) is 14.7 Å². The highest BCUT2D eigenvalue weighted by Crippen LogP contribution is 2.42. The number of β-lactam (4-membered cyclic amide) rings is 2. The second-order valence-electron chi connectivity index (χ2n) is 16.5. The zero-order valence-corrected chi connectivity index (χ0v) is 40.8. The zero-order chi connectivity index (χ0) is 50.4. The summed E-state index contributed by atoms with van der Waals surface area (Å²) in [5.74, 6) is -5.69. The molecule has 3 fully saturated rings. The second kappa shape index (κ2) is 22.0. The number of thioether (sulfide) groups is 2. The number of aromatic nitrogens is 3. The van der Waals surface area contributed by atoms with Gasteiger partial charge in [-0.25, -0.2) is 9.37 Å². The first-order valence-electron chi connectivity index (χ1n) is 20.9. The van der Waals surface area contributed by atoms with Gasteiger partial charge in [0.1, 0.15) is 42.2 Å². The molecule has 5 amide bonds. The molecule has 5 atom stereocenters. The van der Waals surface area contributed by atoms with Crippen molar-refractivity contribution in [2.75, 3.05) is 90.3 Å². The number of carboxylic acid groups (broad SMARTS) is 2. The van der Waals surface area contributed by atoms with E-state index in [1.54, 1.807) is 17.5 Å². The van der Waals surface area contributed by atoms with Crippen LogP contribution in [0, 0.1) is 0 Å². The highest BCUT2D eigenvalue weighted by atomic mass is 32.2. The number of hydrogen-bond donors (Lipinski definition) is 5.